The van der Waals surface area contributed by atoms with E-state index >= 15 is 0 Å². The first-order valence-electron chi connectivity index (χ1n) is 6.60. The van der Waals surface area contributed by atoms with Crippen LogP contribution < -0.4 is 5.32 Å². The number of nitrogens with one attached hydrogen (secondary N) is 1. The van der Waals surface area contributed by atoms with E-state index in [0.717, 1.165) is 31.2 Å². The highest BCUT2D eigenvalue weighted by atomic mass is 35.5. The van der Waals surface area contributed by atoms with Crippen LogP contribution in [-0.4, -0.2) is 30.6 Å². The van der Waals surface area contributed by atoms with Gasteiger partial charge >= 0.3 is 0 Å². The Kier molecular flexibility index (Phi) is 4.98. The third-order valence-electron chi connectivity index (χ3n) is 3.39. The molecule has 0 saturated heterocycles. The number of rotatable bonds is 7. The quantitative estimate of drug-likeness (QED) is 0.766. The van der Waals surface area contributed by atoms with E-state index in [1.165, 1.54) is 18.9 Å². The van der Waals surface area contributed by atoms with Gasteiger partial charge in [-0.1, -0.05) is 30.7 Å². The molecule has 1 aliphatic carbocycles. The minimum atomic E-state index is -0.343. The summed E-state index contributed by atoms with van der Waals surface area (Å²) >= 11 is 5.90. The van der Waals surface area contributed by atoms with E-state index in [1.54, 1.807) is 6.07 Å². The van der Waals surface area contributed by atoms with Gasteiger partial charge in [0.05, 0.1) is 5.02 Å². The molecule has 0 amide bonds. The van der Waals surface area contributed by atoms with E-state index in [4.69, 9.17) is 11.6 Å². The van der Waals surface area contributed by atoms with Crippen LogP contribution in [0.1, 0.15) is 25.3 Å². The molecule has 0 spiro atoms. The number of nitrogens with zero attached hydrogens (tertiary/aromatic N) is 1. The van der Waals surface area contributed by atoms with Crippen molar-refractivity contribution in [3.8, 4) is 0 Å². The fraction of sp³-hybridized carbons (Fsp3) is 0.571. The Morgan fingerprint density at radius 3 is 2.89 bits per heavy atom. The van der Waals surface area contributed by atoms with Gasteiger partial charge in [-0.3, -0.25) is 4.90 Å². The smallest absolute Gasteiger partial charge is 0.142 e. The molecule has 0 radical (unpaired) electrons. The Morgan fingerprint density at radius 1 is 1.44 bits per heavy atom. The molecule has 0 unspecified atom stereocenters. The predicted molar refractivity (Wildman–Crippen MR) is 73.4 cm³/mol. The van der Waals surface area contributed by atoms with E-state index in [1.807, 2.05) is 6.07 Å². The van der Waals surface area contributed by atoms with Crippen LogP contribution in [0.25, 0.3) is 0 Å². The maximum Gasteiger partial charge on any atom is 0.142 e. The molecular weight excluding hydrogens is 251 g/mol. The molecule has 18 heavy (non-hydrogen) atoms. The molecule has 100 valence electrons. The van der Waals surface area contributed by atoms with Crippen molar-refractivity contribution in [1.82, 2.24) is 10.2 Å². The summed E-state index contributed by atoms with van der Waals surface area (Å²) in [6.07, 6.45) is 2.67. The number of benzene rings is 1. The van der Waals surface area contributed by atoms with Gasteiger partial charge in [-0.05, 0) is 31.0 Å². The second-order valence-corrected chi connectivity index (χ2v) is 5.13. The van der Waals surface area contributed by atoms with Crippen LogP contribution in [0.3, 0.4) is 0 Å². The minimum Gasteiger partial charge on any atom is -0.311 e. The monoisotopic (exact) mass is 270 g/mol. The first-order valence-corrected chi connectivity index (χ1v) is 6.97. The van der Waals surface area contributed by atoms with Gasteiger partial charge in [-0.25, -0.2) is 4.39 Å². The average molecular weight is 271 g/mol. The standard InChI is InChI=1S/C14H20ClFN2/c1-2-18(12-6-7-12)9-8-17-10-11-4-3-5-13(16)14(11)15/h3-5,12,17H,2,6-10H2,1H3. The highest BCUT2D eigenvalue weighted by Crippen LogP contribution is 2.25. The van der Waals surface area contributed by atoms with Crippen LogP contribution in [0.4, 0.5) is 4.39 Å². The highest BCUT2D eigenvalue weighted by Gasteiger charge is 2.26. The van der Waals surface area contributed by atoms with Crippen LogP contribution in [0.15, 0.2) is 18.2 Å². The molecule has 1 aromatic rings. The van der Waals surface area contributed by atoms with Crippen LogP contribution in [0, 0.1) is 5.82 Å². The lowest BCUT2D eigenvalue weighted by atomic mass is 10.2. The molecule has 1 fully saturated rings. The maximum absolute atomic E-state index is 13.2. The molecule has 1 aromatic carbocycles. The first kappa shape index (κ1) is 13.8. The predicted octanol–water partition coefficient (Wildman–Crippen LogP) is 3.05. The van der Waals surface area contributed by atoms with E-state index in [0.29, 0.717) is 6.54 Å². The number of hydrogen-bond donors (Lipinski definition) is 1. The summed E-state index contributed by atoms with van der Waals surface area (Å²) in [5.41, 5.74) is 0.825. The molecule has 2 rings (SSSR count). The van der Waals surface area contributed by atoms with E-state index in [2.05, 4.69) is 17.1 Å². The van der Waals surface area contributed by atoms with E-state index < -0.39 is 0 Å². The van der Waals surface area contributed by atoms with Gasteiger partial charge in [0.15, 0.2) is 0 Å². The second-order valence-electron chi connectivity index (χ2n) is 4.75. The van der Waals surface area contributed by atoms with Gasteiger partial charge in [0.2, 0.25) is 0 Å². The normalized spacial score (nSPS) is 15.3. The molecule has 4 heteroatoms. The molecule has 0 bridgehead atoms. The molecule has 0 aromatic heterocycles. The summed E-state index contributed by atoms with van der Waals surface area (Å²) in [5, 5.41) is 3.56. The Balaban J connectivity index is 1.73. The van der Waals surface area contributed by atoms with Gasteiger partial charge in [0.25, 0.3) is 0 Å². The Morgan fingerprint density at radius 2 is 2.22 bits per heavy atom. The Labute approximate surface area is 113 Å². The molecule has 0 atom stereocenters. The maximum atomic E-state index is 13.2. The zero-order chi connectivity index (χ0) is 13.0. The van der Waals surface area contributed by atoms with Crippen molar-refractivity contribution in [3.63, 3.8) is 0 Å². The van der Waals surface area contributed by atoms with Crippen LogP contribution in [0.2, 0.25) is 5.02 Å². The summed E-state index contributed by atoms with van der Waals surface area (Å²) in [7, 11) is 0. The van der Waals surface area contributed by atoms with Gasteiger partial charge < -0.3 is 5.32 Å². The fourth-order valence-electron chi connectivity index (χ4n) is 2.17. The Hall–Kier alpha value is -0.640. The van der Waals surface area contributed by atoms with Crippen molar-refractivity contribution in [2.45, 2.75) is 32.4 Å². The summed E-state index contributed by atoms with van der Waals surface area (Å²) in [4.78, 5) is 2.49. The van der Waals surface area contributed by atoms with Crippen molar-refractivity contribution < 1.29 is 4.39 Å². The zero-order valence-corrected chi connectivity index (χ0v) is 11.5. The lowest BCUT2D eigenvalue weighted by Gasteiger charge is -2.19. The molecule has 1 saturated carbocycles. The van der Waals surface area contributed by atoms with Crippen molar-refractivity contribution in [1.29, 1.82) is 0 Å². The fourth-order valence-corrected chi connectivity index (χ4v) is 2.36. The SMILES string of the molecule is CCN(CCNCc1cccc(F)c1Cl)C1CC1. The zero-order valence-electron chi connectivity index (χ0n) is 10.8. The summed E-state index contributed by atoms with van der Waals surface area (Å²) in [6, 6.07) is 5.74. The van der Waals surface area contributed by atoms with E-state index in [9.17, 15) is 4.39 Å². The first-order chi connectivity index (χ1) is 8.72. The largest absolute Gasteiger partial charge is 0.311 e. The van der Waals surface area contributed by atoms with Crippen molar-refractivity contribution in [2.24, 2.45) is 0 Å². The second kappa shape index (κ2) is 6.50. The summed E-state index contributed by atoms with van der Waals surface area (Å²) < 4.78 is 13.2. The van der Waals surface area contributed by atoms with Crippen molar-refractivity contribution >= 4 is 11.6 Å². The molecule has 1 N–H and O–H groups in total. The van der Waals surface area contributed by atoms with Crippen LogP contribution in [0.5, 0.6) is 0 Å². The lowest BCUT2D eigenvalue weighted by Crippen LogP contribution is -2.33. The van der Waals surface area contributed by atoms with Crippen molar-refractivity contribution in [3.05, 3.63) is 34.6 Å². The van der Waals surface area contributed by atoms with E-state index in [-0.39, 0.29) is 10.8 Å². The third-order valence-corrected chi connectivity index (χ3v) is 3.82. The van der Waals surface area contributed by atoms with Gasteiger partial charge in [0, 0.05) is 25.7 Å². The number of hydrogen-bond acceptors (Lipinski definition) is 2. The van der Waals surface area contributed by atoms with Crippen molar-refractivity contribution in [2.75, 3.05) is 19.6 Å². The molecule has 2 nitrogen and oxygen atoms in total. The lowest BCUT2D eigenvalue weighted by molar-refractivity contribution is 0.277. The highest BCUT2D eigenvalue weighted by molar-refractivity contribution is 6.31. The Bertz CT molecular complexity index is 393. The average Bonchev–Trinajstić information content (AvgIpc) is 3.19. The number of likely N-dealkylation sites (N-methyl/N-ethyl adjacent to an activating group) is 1. The summed E-state index contributed by atoms with van der Waals surface area (Å²) in [5.74, 6) is -0.343. The molecular formula is C14H20ClFN2. The van der Waals surface area contributed by atoms with Gasteiger partial charge in [-0.15, -0.1) is 0 Å². The molecule has 1 aliphatic rings. The topological polar surface area (TPSA) is 15.3 Å². The van der Waals surface area contributed by atoms with Gasteiger partial charge in [0.1, 0.15) is 5.82 Å². The molecule has 0 aliphatic heterocycles. The van der Waals surface area contributed by atoms with Crippen LogP contribution >= 0.6 is 11.6 Å². The van der Waals surface area contributed by atoms with Crippen LogP contribution in [-0.2, 0) is 6.54 Å². The minimum absolute atomic E-state index is 0.236. The van der Waals surface area contributed by atoms with Gasteiger partial charge in [-0.2, -0.15) is 0 Å². The third kappa shape index (κ3) is 3.67. The molecule has 0 heterocycles. The summed E-state index contributed by atoms with van der Waals surface area (Å²) in [6.45, 7) is 5.89. The number of halogens is 2.